The summed E-state index contributed by atoms with van der Waals surface area (Å²) in [6.45, 7) is 2.49. The minimum absolute atomic E-state index is 0.0558. The van der Waals surface area contributed by atoms with Gasteiger partial charge in [0.1, 0.15) is 23.7 Å². The van der Waals surface area contributed by atoms with Gasteiger partial charge in [0.15, 0.2) is 0 Å². The summed E-state index contributed by atoms with van der Waals surface area (Å²) in [5.74, 6) is 1.56. The van der Waals surface area contributed by atoms with Crippen molar-refractivity contribution in [3.63, 3.8) is 0 Å². The number of H-pyrrole nitrogens is 1. The van der Waals surface area contributed by atoms with E-state index in [0.717, 1.165) is 52.5 Å². The number of aromatic nitrogens is 1. The summed E-state index contributed by atoms with van der Waals surface area (Å²) in [4.78, 5) is 14.0. The standard InChI is InChI=1S/C21H22N2O4S/c1-21(9-8-14-11-15(22)4-7-17(14)27-21)12-26-16-5-2-13(3-6-16)10-18-19(24)23-20(25)28-18/h2-7,11,24H,8-10,12,22H2,1H3,(H,23,25). The number of aromatic amines is 1. The van der Waals surface area contributed by atoms with Crippen LogP contribution in [0.25, 0.3) is 0 Å². The molecule has 0 saturated carbocycles. The lowest BCUT2D eigenvalue weighted by Crippen LogP contribution is -2.42. The van der Waals surface area contributed by atoms with Gasteiger partial charge in [-0.25, -0.2) is 0 Å². The fourth-order valence-electron chi connectivity index (χ4n) is 3.31. The number of nitrogens with two attached hydrogens (primary N) is 1. The fourth-order valence-corrected chi connectivity index (χ4v) is 4.07. The van der Waals surface area contributed by atoms with E-state index in [4.69, 9.17) is 15.2 Å². The minimum atomic E-state index is -0.398. The zero-order valence-electron chi connectivity index (χ0n) is 15.5. The molecule has 1 atom stereocenters. The third-order valence-electron chi connectivity index (χ3n) is 4.90. The van der Waals surface area contributed by atoms with Gasteiger partial charge in [0, 0.05) is 12.1 Å². The lowest BCUT2D eigenvalue weighted by atomic mass is 9.93. The van der Waals surface area contributed by atoms with Crippen LogP contribution in [0, 0.1) is 0 Å². The minimum Gasteiger partial charge on any atom is -0.494 e. The molecule has 1 aromatic heterocycles. The lowest BCUT2D eigenvalue weighted by molar-refractivity contribution is 0.0176. The van der Waals surface area contributed by atoms with E-state index in [1.165, 1.54) is 0 Å². The van der Waals surface area contributed by atoms with Crippen LogP contribution in [0.1, 0.15) is 29.3 Å². The highest BCUT2D eigenvalue weighted by atomic mass is 32.1. The van der Waals surface area contributed by atoms with Crippen LogP contribution in [0.15, 0.2) is 47.3 Å². The van der Waals surface area contributed by atoms with Crippen LogP contribution >= 0.6 is 11.3 Å². The Labute approximate surface area is 166 Å². The number of fused-ring (bicyclic) bond motifs is 1. The molecule has 0 saturated heterocycles. The molecule has 4 N–H and O–H groups in total. The molecule has 0 radical (unpaired) electrons. The molecule has 0 spiro atoms. The van der Waals surface area contributed by atoms with Crippen molar-refractivity contribution in [2.75, 3.05) is 12.3 Å². The van der Waals surface area contributed by atoms with Gasteiger partial charge in [0.2, 0.25) is 5.88 Å². The van der Waals surface area contributed by atoms with Crippen molar-refractivity contribution in [3.8, 4) is 17.4 Å². The van der Waals surface area contributed by atoms with Gasteiger partial charge < -0.3 is 20.3 Å². The van der Waals surface area contributed by atoms with Gasteiger partial charge in [-0.05, 0) is 61.2 Å². The molecule has 0 amide bonds. The maximum absolute atomic E-state index is 11.3. The number of benzene rings is 2. The van der Waals surface area contributed by atoms with Crippen LogP contribution in [-0.2, 0) is 12.8 Å². The number of hydrogen-bond donors (Lipinski definition) is 3. The van der Waals surface area contributed by atoms with Crippen LogP contribution in [0.4, 0.5) is 5.69 Å². The molecule has 28 heavy (non-hydrogen) atoms. The molecule has 0 aliphatic carbocycles. The summed E-state index contributed by atoms with van der Waals surface area (Å²) in [6, 6.07) is 13.4. The van der Waals surface area contributed by atoms with Crippen molar-refractivity contribution in [1.29, 1.82) is 0 Å². The molecule has 2 heterocycles. The van der Waals surface area contributed by atoms with E-state index in [9.17, 15) is 9.90 Å². The zero-order chi connectivity index (χ0) is 19.7. The highest BCUT2D eigenvalue weighted by Crippen LogP contribution is 2.34. The lowest BCUT2D eigenvalue weighted by Gasteiger charge is -2.35. The second-order valence-corrected chi connectivity index (χ2v) is 8.38. The summed E-state index contributed by atoms with van der Waals surface area (Å²) in [5, 5.41) is 9.70. The summed E-state index contributed by atoms with van der Waals surface area (Å²) in [5.41, 5.74) is 8.32. The Kier molecular flexibility index (Phi) is 4.77. The van der Waals surface area contributed by atoms with Crippen molar-refractivity contribution < 1.29 is 14.6 Å². The molecule has 1 aliphatic rings. The van der Waals surface area contributed by atoms with Gasteiger partial charge in [-0.15, -0.1) is 0 Å². The zero-order valence-corrected chi connectivity index (χ0v) is 16.3. The summed E-state index contributed by atoms with van der Waals surface area (Å²) in [6.07, 6.45) is 2.26. The first-order chi connectivity index (χ1) is 13.4. The Morgan fingerprint density at radius 3 is 2.79 bits per heavy atom. The van der Waals surface area contributed by atoms with Gasteiger partial charge in [0.25, 0.3) is 0 Å². The fraction of sp³-hybridized carbons (Fsp3) is 0.286. The molecule has 2 aromatic carbocycles. The van der Waals surface area contributed by atoms with Crippen LogP contribution < -0.4 is 20.1 Å². The Morgan fingerprint density at radius 2 is 2.07 bits per heavy atom. The second-order valence-electron chi connectivity index (χ2n) is 7.31. The number of aromatic hydroxyl groups is 1. The Balaban J connectivity index is 1.38. The molecule has 1 aliphatic heterocycles. The van der Waals surface area contributed by atoms with Crippen molar-refractivity contribution in [2.24, 2.45) is 0 Å². The van der Waals surface area contributed by atoms with Gasteiger partial charge in [-0.2, -0.15) is 0 Å². The second kappa shape index (κ2) is 7.24. The first-order valence-electron chi connectivity index (χ1n) is 9.10. The quantitative estimate of drug-likeness (QED) is 0.572. The summed E-state index contributed by atoms with van der Waals surface area (Å²) >= 11 is 1.02. The number of nitrogens with one attached hydrogen (secondary N) is 1. The first kappa shape index (κ1) is 18.4. The third kappa shape index (κ3) is 3.99. The molecule has 1 unspecified atom stereocenters. The van der Waals surface area contributed by atoms with Crippen LogP contribution in [-0.4, -0.2) is 22.3 Å². The van der Waals surface area contributed by atoms with E-state index in [1.807, 2.05) is 42.5 Å². The van der Waals surface area contributed by atoms with E-state index < -0.39 is 5.60 Å². The van der Waals surface area contributed by atoms with Gasteiger partial charge in [-0.1, -0.05) is 23.5 Å². The largest absolute Gasteiger partial charge is 0.494 e. The predicted molar refractivity (Wildman–Crippen MR) is 110 cm³/mol. The maximum Gasteiger partial charge on any atom is 0.307 e. The van der Waals surface area contributed by atoms with Crippen molar-refractivity contribution in [3.05, 3.63) is 68.1 Å². The summed E-state index contributed by atoms with van der Waals surface area (Å²) < 4.78 is 12.1. The van der Waals surface area contributed by atoms with Gasteiger partial charge in [0.05, 0.1) is 4.88 Å². The topological polar surface area (TPSA) is 97.6 Å². The molecule has 3 aromatic rings. The number of nitrogen functional groups attached to an aromatic ring is 1. The molecule has 4 rings (SSSR count). The van der Waals surface area contributed by atoms with Crippen molar-refractivity contribution in [2.45, 2.75) is 31.8 Å². The average molecular weight is 398 g/mol. The summed E-state index contributed by atoms with van der Waals surface area (Å²) in [7, 11) is 0. The SMILES string of the molecule is CC1(COc2ccc(Cc3sc(=O)[nH]c3O)cc2)CCc2cc(N)ccc2O1. The van der Waals surface area contributed by atoms with E-state index in [2.05, 4.69) is 11.9 Å². The van der Waals surface area contributed by atoms with E-state index in [-0.39, 0.29) is 10.8 Å². The van der Waals surface area contributed by atoms with Crippen LogP contribution in [0.5, 0.6) is 17.4 Å². The van der Waals surface area contributed by atoms with E-state index >= 15 is 0 Å². The number of anilines is 1. The van der Waals surface area contributed by atoms with Crippen molar-refractivity contribution in [1.82, 2.24) is 4.98 Å². The van der Waals surface area contributed by atoms with E-state index in [0.29, 0.717) is 17.9 Å². The Hall–Kier alpha value is -2.93. The monoisotopic (exact) mass is 398 g/mol. The molecular weight excluding hydrogens is 376 g/mol. The Bertz CT molecular complexity index is 1040. The maximum atomic E-state index is 11.3. The molecule has 7 heteroatoms. The van der Waals surface area contributed by atoms with Crippen LogP contribution in [0.2, 0.25) is 0 Å². The van der Waals surface area contributed by atoms with Gasteiger partial charge >= 0.3 is 4.87 Å². The average Bonchev–Trinajstić information content (AvgIpc) is 2.98. The number of ether oxygens (including phenoxy) is 2. The number of thiazole rings is 1. The highest BCUT2D eigenvalue weighted by Gasteiger charge is 2.32. The number of rotatable bonds is 5. The highest BCUT2D eigenvalue weighted by molar-refractivity contribution is 7.09. The first-order valence-corrected chi connectivity index (χ1v) is 9.92. The van der Waals surface area contributed by atoms with Crippen LogP contribution in [0.3, 0.4) is 0 Å². The van der Waals surface area contributed by atoms with Crippen molar-refractivity contribution >= 4 is 17.0 Å². The molecular formula is C21H22N2O4S. The van der Waals surface area contributed by atoms with Gasteiger partial charge in [-0.3, -0.25) is 9.78 Å². The predicted octanol–water partition coefficient (Wildman–Crippen LogP) is 3.48. The molecule has 146 valence electrons. The molecule has 0 fully saturated rings. The van der Waals surface area contributed by atoms with E-state index in [1.54, 1.807) is 0 Å². The third-order valence-corrected chi connectivity index (χ3v) is 5.77. The molecule has 0 bridgehead atoms. The number of hydrogen-bond acceptors (Lipinski definition) is 6. The number of aryl methyl sites for hydroxylation is 1. The Morgan fingerprint density at radius 1 is 1.29 bits per heavy atom. The molecule has 6 nitrogen and oxygen atoms in total. The normalized spacial score (nSPS) is 18.3. The smallest absolute Gasteiger partial charge is 0.307 e.